The molecule has 0 aromatic rings. The number of rotatable bonds is 0. The third kappa shape index (κ3) is 1.19. The average Bonchev–Trinajstić information content (AvgIpc) is 1.73. The fraction of sp³-hybridized carbons (Fsp3) is 0.800. The van der Waals surface area contributed by atoms with Crippen molar-refractivity contribution in [2.75, 3.05) is 5.75 Å². The normalized spacial score (nSPS) is 28.8. The van der Waals surface area contributed by atoms with Crippen molar-refractivity contribution in [3.63, 3.8) is 0 Å². The van der Waals surface area contributed by atoms with Crippen molar-refractivity contribution in [2.24, 2.45) is 0 Å². The van der Waals surface area contributed by atoms with E-state index in [4.69, 9.17) is 0 Å². The van der Waals surface area contributed by atoms with Crippen LogP contribution in [0, 0.1) is 0 Å². The molecule has 0 radical (unpaired) electrons. The van der Waals surface area contributed by atoms with Crippen molar-refractivity contribution in [3.05, 3.63) is 0 Å². The van der Waals surface area contributed by atoms with Crippen LogP contribution in [0.3, 0.4) is 0 Å². The number of carbonyl (C=O) groups excluding carboxylic acids is 1. The lowest BCUT2D eigenvalue weighted by Crippen LogP contribution is -2.27. The first-order chi connectivity index (χ1) is 4.33. The zero-order chi connectivity index (χ0) is 7.99. The average molecular weight is 164 g/mol. The van der Waals surface area contributed by atoms with Gasteiger partial charge in [-0.25, -0.2) is 0 Å². The molecule has 1 heterocycles. The van der Waals surface area contributed by atoms with Gasteiger partial charge < -0.3 is 0 Å². The maximum absolute atomic E-state index is 10.8. The lowest BCUT2D eigenvalue weighted by molar-refractivity contribution is -0.126. The van der Waals surface area contributed by atoms with Gasteiger partial charge in [-0.2, -0.15) is 8.42 Å². The minimum absolute atomic E-state index is 0.382. The van der Waals surface area contributed by atoms with Crippen LogP contribution in [-0.4, -0.2) is 25.6 Å². The molecular formula is C5H8O4S. The van der Waals surface area contributed by atoms with Crippen LogP contribution in [-0.2, 0) is 19.1 Å². The molecule has 5 heteroatoms. The summed E-state index contributed by atoms with van der Waals surface area (Å²) in [5, 5.41) is 0. The highest BCUT2D eigenvalue weighted by Gasteiger charge is 2.43. The van der Waals surface area contributed by atoms with Crippen LogP contribution >= 0.6 is 0 Å². The fourth-order valence-corrected chi connectivity index (χ4v) is 2.18. The molecule has 0 atom stereocenters. The van der Waals surface area contributed by atoms with Gasteiger partial charge in [-0.1, -0.05) is 0 Å². The van der Waals surface area contributed by atoms with Crippen LogP contribution in [0.25, 0.3) is 0 Å². The highest BCUT2D eigenvalue weighted by Crippen LogP contribution is 2.22. The van der Waals surface area contributed by atoms with E-state index in [1.807, 2.05) is 0 Å². The van der Waals surface area contributed by atoms with Gasteiger partial charge in [0.25, 0.3) is 10.1 Å². The Morgan fingerprint density at radius 3 is 2.10 bits per heavy atom. The number of hydrogen-bond acceptors (Lipinski definition) is 4. The zero-order valence-electron chi connectivity index (χ0n) is 5.75. The van der Waals surface area contributed by atoms with E-state index in [0.717, 1.165) is 0 Å². The van der Waals surface area contributed by atoms with Crippen LogP contribution in [0.15, 0.2) is 0 Å². The zero-order valence-corrected chi connectivity index (χ0v) is 6.56. The molecule has 0 spiro atoms. The van der Waals surface area contributed by atoms with Crippen LogP contribution in [0.1, 0.15) is 13.8 Å². The van der Waals surface area contributed by atoms with Gasteiger partial charge in [0.1, 0.15) is 11.4 Å². The Kier molecular flexibility index (Phi) is 1.38. The van der Waals surface area contributed by atoms with Crippen molar-refractivity contribution in [1.82, 2.24) is 0 Å². The third-order valence-electron chi connectivity index (χ3n) is 1.31. The molecule has 1 fully saturated rings. The summed E-state index contributed by atoms with van der Waals surface area (Å²) in [5.74, 6) is -0.868. The molecule has 0 aliphatic carbocycles. The lowest BCUT2D eigenvalue weighted by atomic mass is 10.1. The molecule has 0 aromatic carbocycles. The standard InChI is InChI=1S/C5H8O4S/c1-5(2)4(6)3-10(7,8)9-5/h3H2,1-2H3. The molecule has 1 rings (SSSR count). The highest BCUT2D eigenvalue weighted by molar-refractivity contribution is 7.88. The van der Waals surface area contributed by atoms with Crippen molar-refractivity contribution < 1.29 is 17.4 Å². The summed E-state index contributed by atoms with van der Waals surface area (Å²) in [7, 11) is -3.55. The van der Waals surface area contributed by atoms with Crippen molar-refractivity contribution in [3.8, 4) is 0 Å². The van der Waals surface area contributed by atoms with E-state index in [0.29, 0.717) is 0 Å². The molecule has 0 aromatic heterocycles. The minimum Gasteiger partial charge on any atom is -0.295 e. The van der Waals surface area contributed by atoms with Gasteiger partial charge in [-0.15, -0.1) is 0 Å². The Morgan fingerprint density at radius 1 is 1.50 bits per heavy atom. The smallest absolute Gasteiger partial charge is 0.275 e. The first kappa shape index (κ1) is 7.68. The maximum Gasteiger partial charge on any atom is 0.275 e. The molecule has 1 aliphatic heterocycles. The Morgan fingerprint density at radius 2 is 2.00 bits per heavy atom. The Bertz CT molecular complexity index is 261. The maximum atomic E-state index is 10.8. The number of ketones is 1. The summed E-state index contributed by atoms with van der Waals surface area (Å²) < 4.78 is 25.7. The van der Waals surface area contributed by atoms with Crippen molar-refractivity contribution >= 4 is 15.9 Å². The molecule has 1 aliphatic rings. The second-order valence-corrected chi connectivity index (χ2v) is 4.29. The van der Waals surface area contributed by atoms with Gasteiger partial charge in [0.15, 0.2) is 5.78 Å². The fourth-order valence-electron chi connectivity index (χ4n) is 0.728. The molecule has 0 unspecified atom stereocenters. The first-order valence-corrected chi connectivity index (χ1v) is 4.38. The van der Waals surface area contributed by atoms with Crippen molar-refractivity contribution in [1.29, 1.82) is 0 Å². The monoisotopic (exact) mass is 164 g/mol. The van der Waals surface area contributed by atoms with Crippen LogP contribution in [0.5, 0.6) is 0 Å². The van der Waals surface area contributed by atoms with Gasteiger partial charge in [-0.05, 0) is 13.8 Å². The van der Waals surface area contributed by atoms with Gasteiger partial charge in [-0.3, -0.25) is 8.98 Å². The van der Waals surface area contributed by atoms with Crippen molar-refractivity contribution in [2.45, 2.75) is 19.4 Å². The summed E-state index contributed by atoms with van der Waals surface area (Å²) in [5.41, 5.74) is -1.14. The molecule has 1 saturated heterocycles. The van der Waals surface area contributed by atoms with E-state index in [2.05, 4.69) is 4.18 Å². The summed E-state index contributed by atoms with van der Waals surface area (Å²) in [6, 6.07) is 0. The molecule has 10 heavy (non-hydrogen) atoms. The number of Topliss-reactive ketones (excluding diaryl/α,β-unsaturated/α-hetero) is 1. The summed E-state index contributed by atoms with van der Waals surface area (Å²) in [4.78, 5) is 10.8. The first-order valence-electron chi connectivity index (χ1n) is 2.80. The van der Waals surface area contributed by atoms with Crippen LogP contribution < -0.4 is 0 Å². The third-order valence-corrected chi connectivity index (χ3v) is 2.60. The minimum atomic E-state index is -3.55. The number of hydrogen-bond donors (Lipinski definition) is 0. The van der Waals surface area contributed by atoms with Gasteiger partial charge in [0.2, 0.25) is 0 Å². The van der Waals surface area contributed by atoms with E-state index < -0.39 is 21.5 Å². The SMILES string of the molecule is CC1(C)OS(=O)(=O)CC1=O. The Hall–Kier alpha value is -0.420. The molecule has 0 amide bonds. The van der Waals surface area contributed by atoms with Gasteiger partial charge >= 0.3 is 0 Å². The summed E-state index contributed by atoms with van der Waals surface area (Å²) >= 11 is 0. The predicted octanol–water partition coefficient (Wildman–Crippen LogP) is -0.306. The second kappa shape index (κ2) is 1.79. The van der Waals surface area contributed by atoms with Gasteiger partial charge in [0, 0.05) is 0 Å². The quantitative estimate of drug-likeness (QED) is 0.461. The summed E-state index contributed by atoms with van der Waals surface area (Å²) in [6.07, 6.45) is 0. The van der Waals surface area contributed by atoms with E-state index in [9.17, 15) is 13.2 Å². The summed E-state index contributed by atoms with van der Waals surface area (Å²) in [6.45, 7) is 2.89. The van der Waals surface area contributed by atoms with E-state index >= 15 is 0 Å². The number of carbonyl (C=O) groups is 1. The van der Waals surface area contributed by atoms with Gasteiger partial charge in [0.05, 0.1) is 0 Å². The predicted molar refractivity (Wildman–Crippen MR) is 34.0 cm³/mol. The molecular weight excluding hydrogens is 156 g/mol. The molecule has 0 N–H and O–H groups in total. The molecule has 0 saturated carbocycles. The molecule has 0 bridgehead atoms. The topological polar surface area (TPSA) is 60.4 Å². The molecule has 4 nitrogen and oxygen atoms in total. The lowest BCUT2D eigenvalue weighted by Gasteiger charge is -2.10. The highest BCUT2D eigenvalue weighted by atomic mass is 32.2. The van der Waals surface area contributed by atoms with E-state index in [1.54, 1.807) is 0 Å². The van der Waals surface area contributed by atoms with Crippen LogP contribution in [0.2, 0.25) is 0 Å². The van der Waals surface area contributed by atoms with Crippen LogP contribution in [0.4, 0.5) is 0 Å². The van der Waals surface area contributed by atoms with E-state index in [1.165, 1.54) is 13.8 Å². The Balaban J connectivity index is 3.03. The largest absolute Gasteiger partial charge is 0.295 e. The Labute approximate surface area is 59.3 Å². The second-order valence-electron chi connectivity index (χ2n) is 2.72. The molecule has 58 valence electrons. The van der Waals surface area contributed by atoms with E-state index in [-0.39, 0.29) is 5.78 Å².